The minimum Gasteiger partial charge on any atom is -0.356 e. The lowest BCUT2D eigenvalue weighted by molar-refractivity contribution is -0.121. The topological polar surface area (TPSA) is 62.3 Å². The molecule has 5 heteroatoms. The molecule has 0 spiro atoms. The maximum atomic E-state index is 13.1. The summed E-state index contributed by atoms with van der Waals surface area (Å²) in [7, 11) is 0. The van der Waals surface area contributed by atoms with Crippen LogP contribution in [0.2, 0.25) is 0 Å². The van der Waals surface area contributed by atoms with Crippen LogP contribution >= 0.6 is 0 Å². The zero-order valence-corrected chi connectivity index (χ0v) is 16.4. The lowest BCUT2D eigenvalue weighted by Crippen LogP contribution is -2.35. The number of aromatic nitrogens is 1. The van der Waals surface area contributed by atoms with E-state index in [1.54, 1.807) is 23.2 Å². The Morgan fingerprint density at radius 2 is 2.00 bits per heavy atom. The molecule has 146 valence electrons. The summed E-state index contributed by atoms with van der Waals surface area (Å²) in [6.45, 7) is 2.74. The van der Waals surface area contributed by atoms with Crippen LogP contribution in [0.1, 0.15) is 66.2 Å². The van der Waals surface area contributed by atoms with E-state index >= 15 is 0 Å². The molecule has 1 saturated carbocycles. The first kappa shape index (κ1) is 18.7. The number of benzene rings is 1. The van der Waals surface area contributed by atoms with E-state index in [1.807, 2.05) is 31.2 Å². The molecule has 1 aliphatic heterocycles. The molecule has 2 aromatic rings. The molecule has 1 fully saturated rings. The Hall–Kier alpha value is -2.69. The molecule has 2 amide bonds. The number of hydrogen-bond acceptors (Lipinski definition) is 3. The van der Waals surface area contributed by atoms with Crippen molar-refractivity contribution in [2.24, 2.45) is 5.92 Å². The van der Waals surface area contributed by atoms with E-state index in [-0.39, 0.29) is 24.3 Å². The van der Waals surface area contributed by atoms with Crippen LogP contribution in [-0.2, 0) is 4.79 Å². The molecule has 1 aromatic carbocycles. The predicted octanol–water partition coefficient (Wildman–Crippen LogP) is 4.18. The van der Waals surface area contributed by atoms with E-state index < -0.39 is 0 Å². The summed E-state index contributed by atoms with van der Waals surface area (Å²) in [4.78, 5) is 32.0. The van der Waals surface area contributed by atoms with Gasteiger partial charge in [0, 0.05) is 18.4 Å². The number of nitrogens with one attached hydrogen (secondary N) is 1. The second-order valence-electron chi connectivity index (χ2n) is 7.98. The SMILES string of the molecule is Cc1cccc(N2C(=O)c3cccnc3C2CC(=O)NCC2CCCCC2)c1. The Labute approximate surface area is 166 Å². The molecule has 1 unspecified atom stereocenters. The number of hydrogen-bond donors (Lipinski definition) is 1. The fourth-order valence-corrected chi connectivity index (χ4v) is 4.42. The van der Waals surface area contributed by atoms with Gasteiger partial charge in [-0.1, -0.05) is 31.4 Å². The third kappa shape index (κ3) is 3.79. The largest absolute Gasteiger partial charge is 0.356 e. The fraction of sp³-hybridized carbons (Fsp3) is 0.435. The molecular weight excluding hydrogens is 350 g/mol. The van der Waals surface area contributed by atoms with Crippen LogP contribution in [0.25, 0.3) is 0 Å². The van der Waals surface area contributed by atoms with E-state index in [0.29, 0.717) is 17.2 Å². The number of anilines is 1. The molecule has 5 nitrogen and oxygen atoms in total. The normalized spacial score (nSPS) is 19.5. The van der Waals surface area contributed by atoms with Crippen molar-refractivity contribution in [3.05, 3.63) is 59.4 Å². The number of aryl methyl sites for hydroxylation is 1. The third-order valence-corrected chi connectivity index (χ3v) is 5.89. The summed E-state index contributed by atoms with van der Waals surface area (Å²) in [5.41, 5.74) is 3.18. The number of carbonyl (C=O) groups excluding carboxylic acids is 2. The van der Waals surface area contributed by atoms with Gasteiger partial charge in [0.25, 0.3) is 5.91 Å². The lowest BCUT2D eigenvalue weighted by atomic mass is 9.89. The van der Waals surface area contributed by atoms with Gasteiger partial charge in [-0.15, -0.1) is 0 Å². The standard InChI is InChI=1S/C23H27N3O2/c1-16-7-5-10-18(13-16)26-20(22-19(23(26)28)11-6-12-24-22)14-21(27)25-15-17-8-3-2-4-9-17/h5-7,10-13,17,20H,2-4,8-9,14-15H2,1H3,(H,25,27). The average molecular weight is 377 g/mol. The Bertz CT molecular complexity index is 874. The van der Waals surface area contributed by atoms with Gasteiger partial charge in [0.05, 0.1) is 23.7 Å². The van der Waals surface area contributed by atoms with Crippen molar-refractivity contribution in [2.45, 2.75) is 51.5 Å². The van der Waals surface area contributed by atoms with Gasteiger partial charge >= 0.3 is 0 Å². The minimum absolute atomic E-state index is 0.0143. The summed E-state index contributed by atoms with van der Waals surface area (Å²) in [5, 5.41) is 3.10. The summed E-state index contributed by atoms with van der Waals surface area (Å²) < 4.78 is 0. The van der Waals surface area contributed by atoms with Gasteiger partial charge in [0.15, 0.2) is 0 Å². The van der Waals surface area contributed by atoms with Crippen molar-refractivity contribution in [3.63, 3.8) is 0 Å². The molecule has 1 atom stereocenters. The van der Waals surface area contributed by atoms with Crippen molar-refractivity contribution in [2.75, 3.05) is 11.4 Å². The molecule has 1 aromatic heterocycles. The number of nitrogens with zero attached hydrogens (tertiary/aromatic N) is 2. The number of pyridine rings is 1. The van der Waals surface area contributed by atoms with Crippen molar-refractivity contribution < 1.29 is 9.59 Å². The summed E-state index contributed by atoms with van der Waals surface area (Å²) in [6.07, 6.45) is 8.15. The quantitative estimate of drug-likeness (QED) is 0.850. The molecule has 1 aliphatic carbocycles. The molecule has 0 bridgehead atoms. The molecule has 0 saturated heterocycles. The Morgan fingerprint density at radius 1 is 1.18 bits per heavy atom. The molecule has 28 heavy (non-hydrogen) atoms. The maximum Gasteiger partial charge on any atom is 0.260 e. The van der Waals surface area contributed by atoms with E-state index in [1.165, 1.54) is 32.1 Å². The second-order valence-corrected chi connectivity index (χ2v) is 7.98. The summed E-state index contributed by atoms with van der Waals surface area (Å²) >= 11 is 0. The van der Waals surface area contributed by atoms with Gasteiger partial charge in [0.2, 0.25) is 5.91 Å². The van der Waals surface area contributed by atoms with Crippen molar-refractivity contribution >= 4 is 17.5 Å². The van der Waals surface area contributed by atoms with Crippen molar-refractivity contribution in [3.8, 4) is 0 Å². The maximum absolute atomic E-state index is 13.1. The highest BCUT2D eigenvalue weighted by Gasteiger charge is 2.39. The number of carbonyl (C=O) groups is 2. The highest BCUT2D eigenvalue weighted by molar-refractivity contribution is 6.11. The highest BCUT2D eigenvalue weighted by atomic mass is 16.2. The van der Waals surface area contributed by atoms with Gasteiger partial charge in [-0.2, -0.15) is 0 Å². The number of fused-ring (bicyclic) bond motifs is 1. The second kappa shape index (κ2) is 8.13. The lowest BCUT2D eigenvalue weighted by Gasteiger charge is -2.26. The summed E-state index contributed by atoms with van der Waals surface area (Å²) in [6, 6.07) is 11.1. The predicted molar refractivity (Wildman–Crippen MR) is 109 cm³/mol. The van der Waals surface area contributed by atoms with Gasteiger partial charge in [-0.05, 0) is 55.5 Å². The molecule has 0 radical (unpaired) electrons. The third-order valence-electron chi connectivity index (χ3n) is 5.89. The smallest absolute Gasteiger partial charge is 0.260 e. The van der Waals surface area contributed by atoms with Crippen LogP contribution < -0.4 is 10.2 Å². The van der Waals surface area contributed by atoms with Gasteiger partial charge in [-0.3, -0.25) is 19.5 Å². The fourth-order valence-electron chi connectivity index (χ4n) is 4.42. The minimum atomic E-state index is -0.364. The number of rotatable bonds is 5. The van der Waals surface area contributed by atoms with E-state index in [4.69, 9.17) is 0 Å². The molecule has 2 aliphatic rings. The van der Waals surface area contributed by atoms with Crippen LogP contribution in [-0.4, -0.2) is 23.3 Å². The summed E-state index contributed by atoms with van der Waals surface area (Å²) in [5.74, 6) is 0.486. The first-order valence-electron chi connectivity index (χ1n) is 10.3. The zero-order chi connectivity index (χ0) is 19.5. The first-order chi connectivity index (χ1) is 13.6. The van der Waals surface area contributed by atoms with Crippen LogP contribution in [0, 0.1) is 12.8 Å². The first-order valence-corrected chi connectivity index (χ1v) is 10.3. The van der Waals surface area contributed by atoms with Crippen LogP contribution in [0.5, 0.6) is 0 Å². The van der Waals surface area contributed by atoms with E-state index in [0.717, 1.165) is 17.8 Å². The highest BCUT2D eigenvalue weighted by Crippen LogP contribution is 2.38. The molecular formula is C23H27N3O2. The van der Waals surface area contributed by atoms with E-state index in [2.05, 4.69) is 10.3 Å². The molecule has 1 N–H and O–H groups in total. The number of amides is 2. The van der Waals surface area contributed by atoms with Gasteiger partial charge in [-0.25, -0.2) is 0 Å². The Balaban J connectivity index is 1.53. The van der Waals surface area contributed by atoms with Gasteiger partial charge in [0.1, 0.15) is 0 Å². The molecule has 4 rings (SSSR count). The molecule has 2 heterocycles. The van der Waals surface area contributed by atoms with E-state index in [9.17, 15) is 9.59 Å². The monoisotopic (exact) mass is 377 g/mol. The van der Waals surface area contributed by atoms with Crippen molar-refractivity contribution in [1.29, 1.82) is 0 Å². The Morgan fingerprint density at radius 3 is 2.79 bits per heavy atom. The zero-order valence-electron chi connectivity index (χ0n) is 16.4. The van der Waals surface area contributed by atoms with Crippen LogP contribution in [0.3, 0.4) is 0 Å². The average Bonchev–Trinajstić information content (AvgIpc) is 2.99. The van der Waals surface area contributed by atoms with Crippen molar-refractivity contribution in [1.82, 2.24) is 10.3 Å². The Kier molecular flexibility index (Phi) is 5.42. The van der Waals surface area contributed by atoms with Crippen LogP contribution in [0.4, 0.5) is 5.69 Å². The van der Waals surface area contributed by atoms with Gasteiger partial charge < -0.3 is 5.32 Å². The van der Waals surface area contributed by atoms with Crippen LogP contribution in [0.15, 0.2) is 42.6 Å².